The van der Waals surface area contributed by atoms with Crippen LogP contribution in [0, 0.1) is 6.42 Å². The number of hydrogen-bond donors (Lipinski definition) is 3. The maximum absolute atomic E-state index is 4.50. The fraction of sp³-hybridized carbons (Fsp3) is 0.889. The van der Waals surface area contributed by atoms with E-state index in [0.29, 0.717) is 0 Å². The van der Waals surface area contributed by atoms with Gasteiger partial charge in [0.15, 0.2) is 0 Å². The summed E-state index contributed by atoms with van der Waals surface area (Å²) < 4.78 is 0. The number of hydrogen-bond acceptors (Lipinski definition) is 3. The fourth-order valence-electron chi connectivity index (χ4n) is 0.898. The molecule has 0 aliphatic heterocycles. The summed E-state index contributed by atoms with van der Waals surface area (Å²) in [6, 6.07) is 0. The first-order chi connectivity index (χ1) is 6.00. The van der Waals surface area contributed by atoms with Crippen molar-refractivity contribution >= 4 is 0 Å². The second-order valence-electron chi connectivity index (χ2n) is 1.93. The third-order valence-electron chi connectivity index (χ3n) is 1.32. The molecule has 1 fully saturated rings. The lowest BCUT2D eigenvalue weighted by atomic mass is 10.0. The quantitative estimate of drug-likeness (QED) is 0.512. The molecule has 0 spiro atoms. The van der Waals surface area contributed by atoms with Gasteiger partial charge >= 0.3 is 0 Å². The molecule has 0 aromatic rings. The molecule has 0 heterocycles. The van der Waals surface area contributed by atoms with Crippen molar-refractivity contribution in [3.63, 3.8) is 0 Å². The van der Waals surface area contributed by atoms with Crippen molar-refractivity contribution in [1.82, 2.24) is 0 Å². The predicted molar refractivity (Wildman–Crippen MR) is 57.7 cm³/mol. The Bertz CT molecular complexity index is 25.2. The summed E-state index contributed by atoms with van der Waals surface area (Å²) in [5.41, 5.74) is 13.5. The molecule has 3 heteroatoms. The minimum atomic E-state index is 1.38. The van der Waals surface area contributed by atoms with E-state index in [0.717, 1.165) is 0 Å². The molecule has 77 valence electrons. The van der Waals surface area contributed by atoms with E-state index in [9.17, 15) is 0 Å². The van der Waals surface area contributed by atoms with Crippen LogP contribution in [0.1, 0.15) is 32.1 Å². The van der Waals surface area contributed by atoms with E-state index in [1.165, 1.54) is 53.2 Å². The van der Waals surface area contributed by atoms with Crippen molar-refractivity contribution in [3.05, 3.63) is 6.42 Å². The van der Waals surface area contributed by atoms with Crippen molar-refractivity contribution in [3.8, 4) is 0 Å². The molecule has 1 radical (unpaired) electrons. The lowest BCUT2D eigenvalue weighted by molar-refractivity contribution is 0.593. The van der Waals surface area contributed by atoms with Crippen LogP contribution in [-0.2, 0) is 0 Å². The highest BCUT2D eigenvalue weighted by Crippen LogP contribution is 2.14. The van der Waals surface area contributed by atoms with Crippen molar-refractivity contribution in [2.24, 2.45) is 17.2 Å². The van der Waals surface area contributed by atoms with E-state index in [4.69, 9.17) is 0 Å². The first-order valence-electron chi connectivity index (χ1n) is 4.55. The Balaban J connectivity index is -0.000000117. The molecule has 1 saturated carbocycles. The van der Waals surface area contributed by atoms with Gasteiger partial charge in [-0.2, -0.15) is 0 Å². The van der Waals surface area contributed by atoms with E-state index >= 15 is 0 Å². The molecule has 0 aromatic carbocycles. The van der Waals surface area contributed by atoms with Gasteiger partial charge in [-0.1, -0.05) is 32.1 Å². The average Bonchev–Trinajstić information content (AvgIpc) is 2.29. The minimum absolute atomic E-state index is 1.38. The minimum Gasteiger partial charge on any atom is -0.333 e. The zero-order valence-corrected chi connectivity index (χ0v) is 8.84. The molecule has 0 amide bonds. The van der Waals surface area contributed by atoms with Gasteiger partial charge in [-0.25, -0.2) is 0 Å². The summed E-state index contributed by atoms with van der Waals surface area (Å²) >= 11 is 0. The first kappa shape index (κ1) is 17.8. The smallest absolute Gasteiger partial charge is 0.0195 e. The highest BCUT2D eigenvalue weighted by atomic mass is 14.4. The van der Waals surface area contributed by atoms with Gasteiger partial charge in [-0.15, -0.1) is 0 Å². The molecule has 0 bridgehead atoms. The maximum Gasteiger partial charge on any atom is -0.0195 e. The Morgan fingerprint density at radius 1 is 0.667 bits per heavy atom. The Labute approximate surface area is 77.7 Å². The lowest BCUT2D eigenvalue weighted by Crippen LogP contribution is -1.87. The Kier molecular flexibility index (Phi) is 45.7. The maximum atomic E-state index is 4.50. The van der Waals surface area contributed by atoms with Crippen LogP contribution in [0.3, 0.4) is 0 Å². The van der Waals surface area contributed by atoms with Crippen molar-refractivity contribution < 1.29 is 0 Å². The van der Waals surface area contributed by atoms with Crippen LogP contribution in [0.5, 0.6) is 0 Å². The van der Waals surface area contributed by atoms with Crippen LogP contribution in [0.4, 0.5) is 0 Å². The third kappa shape index (κ3) is 22.5. The molecule has 1 rings (SSSR count). The molecular formula is C9H26N3. The van der Waals surface area contributed by atoms with Gasteiger partial charge in [0.25, 0.3) is 0 Å². The van der Waals surface area contributed by atoms with Gasteiger partial charge in [0.05, 0.1) is 0 Å². The standard InChI is InChI=1S/C6H11.3CH5N/c1-2-4-6-5-3-1;3*1-2/h1H,2-6H2;3*2H2,1H3. The van der Waals surface area contributed by atoms with E-state index < -0.39 is 0 Å². The van der Waals surface area contributed by atoms with Gasteiger partial charge in [-0.3, -0.25) is 0 Å². The van der Waals surface area contributed by atoms with E-state index in [1.807, 2.05) is 0 Å². The van der Waals surface area contributed by atoms with Crippen LogP contribution in [-0.4, -0.2) is 21.1 Å². The SMILES string of the molecule is CN.CN.CN.[CH]1CCCCC1. The number of rotatable bonds is 0. The number of nitrogens with two attached hydrogens (primary N) is 3. The summed E-state index contributed by atoms with van der Waals surface area (Å²) in [5.74, 6) is 0. The molecule has 1 aliphatic rings. The Hall–Kier alpha value is -0.120. The molecule has 0 atom stereocenters. The van der Waals surface area contributed by atoms with Gasteiger partial charge in [0, 0.05) is 0 Å². The largest absolute Gasteiger partial charge is 0.333 e. The van der Waals surface area contributed by atoms with Crippen molar-refractivity contribution in [2.75, 3.05) is 21.1 Å². The highest BCUT2D eigenvalue weighted by molar-refractivity contribution is 4.69. The Morgan fingerprint density at radius 2 is 1.00 bits per heavy atom. The molecule has 0 unspecified atom stereocenters. The van der Waals surface area contributed by atoms with E-state index in [2.05, 4.69) is 23.6 Å². The second kappa shape index (κ2) is 30.7. The van der Waals surface area contributed by atoms with Gasteiger partial charge in [0.1, 0.15) is 0 Å². The fourth-order valence-corrected chi connectivity index (χ4v) is 0.898. The topological polar surface area (TPSA) is 78.1 Å². The molecular weight excluding hydrogens is 150 g/mol. The molecule has 0 aromatic heterocycles. The summed E-state index contributed by atoms with van der Waals surface area (Å²) in [6.45, 7) is 0. The van der Waals surface area contributed by atoms with Gasteiger partial charge in [-0.05, 0) is 27.6 Å². The summed E-state index contributed by atoms with van der Waals surface area (Å²) in [4.78, 5) is 0. The van der Waals surface area contributed by atoms with Crippen LogP contribution in [0.15, 0.2) is 0 Å². The molecule has 0 saturated heterocycles. The van der Waals surface area contributed by atoms with E-state index in [-0.39, 0.29) is 0 Å². The zero-order valence-electron chi connectivity index (χ0n) is 8.84. The van der Waals surface area contributed by atoms with Crippen LogP contribution < -0.4 is 17.2 Å². The van der Waals surface area contributed by atoms with Crippen molar-refractivity contribution in [1.29, 1.82) is 0 Å². The van der Waals surface area contributed by atoms with E-state index in [1.54, 1.807) is 0 Å². The zero-order chi connectivity index (χ0) is 10.2. The van der Waals surface area contributed by atoms with Crippen LogP contribution >= 0.6 is 0 Å². The monoisotopic (exact) mass is 176 g/mol. The third-order valence-corrected chi connectivity index (χ3v) is 1.32. The molecule has 1 aliphatic carbocycles. The van der Waals surface area contributed by atoms with Gasteiger partial charge in [0.2, 0.25) is 0 Å². The lowest BCUT2D eigenvalue weighted by Gasteiger charge is -2.05. The van der Waals surface area contributed by atoms with Crippen LogP contribution in [0.25, 0.3) is 0 Å². The summed E-state index contributed by atoms with van der Waals surface area (Å²) in [7, 11) is 4.50. The average molecular weight is 176 g/mol. The van der Waals surface area contributed by atoms with Crippen LogP contribution in [0.2, 0.25) is 0 Å². The first-order valence-corrected chi connectivity index (χ1v) is 4.55. The second-order valence-corrected chi connectivity index (χ2v) is 1.93. The van der Waals surface area contributed by atoms with Gasteiger partial charge < -0.3 is 17.2 Å². The Morgan fingerprint density at radius 3 is 1.08 bits per heavy atom. The molecule has 12 heavy (non-hydrogen) atoms. The highest BCUT2D eigenvalue weighted by Gasteiger charge is 1.95. The molecule has 6 N–H and O–H groups in total. The molecule has 3 nitrogen and oxygen atoms in total. The van der Waals surface area contributed by atoms with Crippen molar-refractivity contribution in [2.45, 2.75) is 32.1 Å². The predicted octanol–water partition coefficient (Wildman–Crippen LogP) is 0.879. The summed E-state index contributed by atoms with van der Waals surface area (Å²) in [5, 5.41) is 0. The summed E-state index contributed by atoms with van der Waals surface area (Å²) in [6.07, 6.45) is 9.50. The normalized spacial score (nSPS) is 13.5.